The quantitative estimate of drug-likeness (QED) is 0.852. The van der Waals surface area contributed by atoms with E-state index in [2.05, 4.69) is 15.1 Å². The molecule has 1 aliphatic rings. The molecule has 1 fully saturated rings. The highest BCUT2D eigenvalue weighted by Crippen LogP contribution is 2.17. The minimum atomic E-state index is -0.0724. The van der Waals surface area contributed by atoms with Crippen molar-refractivity contribution in [1.29, 1.82) is 0 Å². The van der Waals surface area contributed by atoms with E-state index in [1.807, 2.05) is 43.3 Å². The molecule has 1 aliphatic heterocycles. The van der Waals surface area contributed by atoms with Crippen LogP contribution in [-0.2, 0) is 6.54 Å². The van der Waals surface area contributed by atoms with Crippen molar-refractivity contribution in [3.63, 3.8) is 0 Å². The Balaban J connectivity index is 1.70. The molecular weight excluding hydrogens is 288 g/mol. The topological polar surface area (TPSA) is 49.3 Å². The number of aromatic nitrogens is 2. The third-order valence-corrected chi connectivity index (χ3v) is 4.18. The van der Waals surface area contributed by atoms with E-state index in [-0.39, 0.29) is 5.91 Å². The Morgan fingerprint density at radius 1 is 1.09 bits per heavy atom. The zero-order valence-corrected chi connectivity index (χ0v) is 13.5. The summed E-state index contributed by atoms with van der Waals surface area (Å²) in [4.78, 5) is 16.6. The summed E-state index contributed by atoms with van der Waals surface area (Å²) < 4.78 is 0. The van der Waals surface area contributed by atoms with Crippen molar-refractivity contribution in [3.05, 3.63) is 53.7 Å². The molecule has 0 radical (unpaired) electrons. The fourth-order valence-electron chi connectivity index (χ4n) is 2.85. The van der Waals surface area contributed by atoms with Crippen molar-refractivity contribution in [3.8, 4) is 0 Å². The molecular formula is C18H22N4O. The Labute approximate surface area is 136 Å². The average molecular weight is 310 g/mol. The van der Waals surface area contributed by atoms with Crippen molar-refractivity contribution in [2.45, 2.75) is 26.3 Å². The van der Waals surface area contributed by atoms with E-state index in [9.17, 15) is 4.79 Å². The molecule has 0 atom stereocenters. The van der Waals surface area contributed by atoms with Crippen LogP contribution < -0.4 is 4.90 Å². The van der Waals surface area contributed by atoms with E-state index in [1.165, 1.54) is 12.8 Å². The number of rotatable bonds is 5. The predicted octanol–water partition coefficient (Wildman–Crippen LogP) is 2.74. The van der Waals surface area contributed by atoms with Crippen LogP contribution in [0.15, 0.2) is 42.5 Å². The maximum absolute atomic E-state index is 12.6. The van der Waals surface area contributed by atoms with Crippen LogP contribution >= 0.6 is 0 Å². The lowest BCUT2D eigenvalue weighted by molar-refractivity contribution is 0.0745. The summed E-state index contributed by atoms with van der Waals surface area (Å²) in [5.41, 5.74) is 1.52. The Kier molecular flexibility index (Phi) is 4.86. The second-order valence-corrected chi connectivity index (χ2v) is 5.78. The van der Waals surface area contributed by atoms with Crippen molar-refractivity contribution >= 4 is 11.7 Å². The fourth-order valence-corrected chi connectivity index (χ4v) is 2.85. The molecule has 0 N–H and O–H groups in total. The second kappa shape index (κ2) is 7.22. The largest absolute Gasteiger partial charge is 0.355 e. The third-order valence-electron chi connectivity index (χ3n) is 4.18. The van der Waals surface area contributed by atoms with E-state index in [1.54, 1.807) is 11.0 Å². The van der Waals surface area contributed by atoms with Crippen molar-refractivity contribution in [1.82, 2.24) is 15.1 Å². The maximum atomic E-state index is 12.6. The number of carbonyl (C=O) groups excluding carboxylic acids is 1. The summed E-state index contributed by atoms with van der Waals surface area (Å²) in [6, 6.07) is 13.7. The number of benzene rings is 1. The molecule has 1 saturated heterocycles. The molecule has 2 aromatic rings. The molecule has 0 spiro atoms. The number of carbonyl (C=O) groups is 1. The molecule has 0 unspecified atom stereocenters. The zero-order valence-electron chi connectivity index (χ0n) is 13.5. The first-order valence-corrected chi connectivity index (χ1v) is 8.20. The van der Waals surface area contributed by atoms with Gasteiger partial charge in [-0.1, -0.05) is 30.3 Å². The predicted molar refractivity (Wildman–Crippen MR) is 90.3 cm³/mol. The van der Waals surface area contributed by atoms with Gasteiger partial charge in [0, 0.05) is 26.2 Å². The average Bonchev–Trinajstić information content (AvgIpc) is 3.15. The Bertz CT molecular complexity index is 636. The lowest BCUT2D eigenvalue weighted by atomic mass is 10.2. The van der Waals surface area contributed by atoms with Gasteiger partial charge in [-0.3, -0.25) is 4.79 Å². The van der Waals surface area contributed by atoms with E-state index in [0.29, 0.717) is 18.8 Å². The van der Waals surface area contributed by atoms with Crippen LogP contribution in [0.1, 0.15) is 35.8 Å². The summed E-state index contributed by atoms with van der Waals surface area (Å²) in [5.74, 6) is 0.794. The molecule has 1 aromatic carbocycles. The summed E-state index contributed by atoms with van der Waals surface area (Å²) in [5, 5.41) is 8.38. The molecule has 5 heteroatoms. The van der Waals surface area contributed by atoms with Crippen LogP contribution in [0.3, 0.4) is 0 Å². The third kappa shape index (κ3) is 3.67. The highest BCUT2D eigenvalue weighted by atomic mass is 16.2. The molecule has 1 amide bonds. The zero-order chi connectivity index (χ0) is 16.1. The molecule has 120 valence electrons. The van der Waals surface area contributed by atoms with Gasteiger partial charge in [-0.05, 0) is 37.5 Å². The van der Waals surface area contributed by atoms with E-state index < -0.39 is 0 Å². The molecule has 5 nitrogen and oxygen atoms in total. The Morgan fingerprint density at radius 3 is 2.43 bits per heavy atom. The fraction of sp³-hybridized carbons (Fsp3) is 0.389. The molecule has 1 aromatic heterocycles. The van der Waals surface area contributed by atoms with E-state index in [0.717, 1.165) is 24.5 Å². The van der Waals surface area contributed by atoms with Crippen LogP contribution in [-0.4, -0.2) is 40.6 Å². The number of anilines is 1. The minimum Gasteiger partial charge on any atom is -0.355 e. The second-order valence-electron chi connectivity index (χ2n) is 5.78. The number of amides is 1. The first-order chi connectivity index (χ1) is 11.3. The number of nitrogens with zero attached hydrogens (tertiary/aromatic N) is 4. The smallest absolute Gasteiger partial charge is 0.274 e. The maximum Gasteiger partial charge on any atom is 0.274 e. The number of hydrogen-bond donors (Lipinski definition) is 0. The van der Waals surface area contributed by atoms with Crippen molar-refractivity contribution < 1.29 is 4.79 Å². The standard InChI is InChI=1S/C18H22N4O/c1-2-21(14-15-8-4-3-5-9-15)18(23)16-10-11-17(20-19-16)22-12-6-7-13-22/h3-5,8-11H,2,6-7,12-14H2,1H3. The molecule has 0 bridgehead atoms. The molecule has 23 heavy (non-hydrogen) atoms. The summed E-state index contributed by atoms with van der Waals surface area (Å²) in [7, 11) is 0. The Hall–Kier alpha value is -2.43. The Morgan fingerprint density at radius 2 is 1.83 bits per heavy atom. The SMILES string of the molecule is CCN(Cc1ccccc1)C(=O)c1ccc(N2CCCC2)nn1. The molecule has 2 heterocycles. The van der Waals surface area contributed by atoms with Gasteiger partial charge in [0.25, 0.3) is 5.91 Å². The van der Waals surface area contributed by atoms with Gasteiger partial charge in [0.15, 0.2) is 11.5 Å². The van der Waals surface area contributed by atoms with Crippen LogP contribution in [0.4, 0.5) is 5.82 Å². The first-order valence-electron chi connectivity index (χ1n) is 8.20. The number of hydrogen-bond acceptors (Lipinski definition) is 4. The van der Waals surface area contributed by atoms with Crippen molar-refractivity contribution in [2.24, 2.45) is 0 Å². The molecule has 3 rings (SSSR count). The lowest BCUT2D eigenvalue weighted by Crippen LogP contribution is -2.31. The van der Waals surface area contributed by atoms with Crippen LogP contribution in [0.25, 0.3) is 0 Å². The molecule has 0 saturated carbocycles. The summed E-state index contributed by atoms with van der Waals surface area (Å²) >= 11 is 0. The summed E-state index contributed by atoms with van der Waals surface area (Å²) in [6.45, 7) is 5.26. The van der Waals surface area contributed by atoms with Crippen LogP contribution in [0.2, 0.25) is 0 Å². The normalized spacial score (nSPS) is 14.0. The van der Waals surface area contributed by atoms with Gasteiger partial charge in [-0.25, -0.2) is 0 Å². The van der Waals surface area contributed by atoms with Gasteiger partial charge in [0.1, 0.15) is 0 Å². The van der Waals surface area contributed by atoms with E-state index >= 15 is 0 Å². The minimum absolute atomic E-state index is 0.0724. The van der Waals surface area contributed by atoms with Gasteiger partial charge in [-0.15, -0.1) is 10.2 Å². The highest BCUT2D eigenvalue weighted by Gasteiger charge is 2.18. The van der Waals surface area contributed by atoms with E-state index in [4.69, 9.17) is 0 Å². The van der Waals surface area contributed by atoms with Gasteiger partial charge in [0.2, 0.25) is 0 Å². The van der Waals surface area contributed by atoms with Gasteiger partial charge >= 0.3 is 0 Å². The van der Waals surface area contributed by atoms with Crippen molar-refractivity contribution in [2.75, 3.05) is 24.5 Å². The van der Waals surface area contributed by atoms with Crippen LogP contribution in [0.5, 0.6) is 0 Å². The lowest BCUT2D eigenvalue weighted by Gasteiger charge is -2.21. The van der Waals surface area contributed by atoms with Gasteiger partial charge in [-0.2, -0.15) is 0 Å². The highest BCUT2D eigenvalue weighted by molar-refractivity contribution is 5.92. The van der Waals surface area contributed by atoms with Crippen LogP contribution in [0, 0.1) is 0 Å². The molecule has 0 aliphatic carbocycles. The van der Waals surface area contributed by atoms with Gasteiger partial charge in [0.05, 0.1) is 0 Å². The van der Waals surface area contributed by atoms with Gasteiger partial charge < -0.3 is 9.80 Å². The summed E-state index contributed by atoms with van der Waals surface area (Å²) in [6.07, 6.45) is 2.39. The first kappa shape index (κ1) is 15.5. The monoisotopic (exact) mass is 310 g/mol.